The summed E-state index contributed by atoms with van der Waals surface area (Å²) in [6.07, 6.45) is 5.94. The van der Waals surface area contributed by atoms with Gasteiger partial charge in [0, 0.05) is 46.5 Å². The van der Waals surface area contributed by atoms with Crippen LogP contribution in [0.1, 0.15) is 18.4 Å². The van der Waals surface area contributed by atoms with Crippen LogP contribution >= 0.6 is 24.0 Å². The molecule has 1 aromatic rings. The third kappa shape index (κ3) is 4.73. The number of aliphatic imine (C=N–C) groups is 1. The van der Waals surface area contributed by atoms with Crippen molar-refractivity contribution in [3.05, 3.63) is 42.0 Å². The number of hydrogen-bond donors (Lipinski definition) is 2. The predicted octanol–water partition coefficient (Wildman–Crippen LogP) is 2.23. The molecule has 2 fully saturated rings. The summed E-state index contributed by atoms with van der Waals surface area (Å²) in [4.78, 5) is 33.2. The average molecular weight is 537 g/mol. The zero-order valence-corrected chi connectivity index (χ0v) is 20.7. The molecule has 4 unspecified atom stereocenters. The molecule has 1 saturated heterocycles. The number of amides is 2. The van der Waals surface area contributed by atoms with Gasteiger partial charge in [-0.2, -0.15) is 0 Å². The molecule has 2 aliphatic carbocycles. The number of carbonyl (C=O) groups excluding carboxylic acids is 2. The number of imide groups is 1. The first kappa shape index (κ1) is 23.6. The number of anilines is 1. The molecule has 0 radical (unpaired) electrons. The molecular weight excluding hydrogens is 505 g/mol. The first-order valence-corrected chi connectivity index (χ1v) is 10.7. The van der Waals surface area contributed by atoms with Crippen molar-refractivity contribution in [2.75, 3.05) is 39.1 Å². The Bertz CT molecular complexity index is 837. The van der Waals surface area contributed by atoms with Crippen molar-refractivity contribution in [2.45, 2.75) is 19.4 Å². The average Bonchev–Trinajstić information content (AvgIpc) is 3.43. The minimum Gasteiger partial charge on any atom is -0.378 e. The molecule has 1 aromatic carbocycles. The SMILES string of the molecule is CN=C(NCCCN1C(=O)C2C3C=CC(C3)C2C1=O)NCc1ccc(N(C)C)cc1.I. The Morgan fingerprint density at radius 2 is 1.68 bits per heavy atom. The van der Waals surface area contributed by atoms with Gasteiger partial charge in [-0.1, -0.05) is 24.3 Å². The molecule has 2 bridgehead atoms. The number of guanidine groups is 1. The highest BCUT2D eigenvalue weighted by Crippen LogP contribution is 2.52. The minimum atomic E-state index is -0.103. The molecule has 1 saturated carbocycles. The van der Waals surface area contributed by atoms with E-state index in [4.69, 9.17) is 0 Å². The third-order valence-corrected chi connectivity index (χ3v) is 6.55. The number of hydrogen-bond acceptors (Lipinski definition) is 4. The highest BCUT2D eigenvalue weighted by atomic mass is 127. The smallest absolute Gasteiger partial charge is 0.233 e. The highest BCUT2D eigenvalue weighted by molar-refractivity contribution is 14.0. The van der Waals surface area contributed by atoms with Crippen LogP contribution < -0.4 is 15.5 Å². The maximum atomic E-state index is 12.7. The molecule has 3 aliphatic rings. The molecule has 7 nitrogen and oxygen atoms in total. The van der Waals surface area contributed by atoms with Crippen molar-refractivity contribution in [1.29, 1.82) is 0 Å². The zero-order chi connectivity index (χ0) is 21.3. The number of nitrogens with one attached hydrogen (secondary N) is 2. The van der Waals surface area contributed by atoms with E-state index < -0.39 is 0 Å². The van der Waals surface area contributed by atoms with Crippen molar-refractivity contribution < 1.29 is 9.59 Å². The van der Waals surface area contributed by atoms with Crippen LogP contribution in [0.4, 0.5) is 5.69 Å². The summed E-state index contributed by atoms with van der Waals surface area (Å²) < 4.78 is 0. The number of allylic oxidation sites excluding steroid dienone is 2. The van der Waals surface area contributed by atoms with Gasteiger partial charge in [-0.15, -0.1) is 24.0 Å². The van der Waals surface area contributed by atoms with Crippen LogP contribution in [0.5, 0.6) is 0 Å². The van der Waals surface area contributed by atoms with Crippen LogP contribution in [0, 0.1) is 23.7 Å². The topological polar surface area (TPSA) is 77.0 Å². The Kier molecular flexibility index (Phi) is 7.61. The first-order chi connectivity index (χ1) is 14.5. The number of carbonyl (C=O) groups is 2. The van der Waals surface area contributed by atoms with Crippen molar-refractivity contribution >= 4 is 47.4 Å². The Labute approximate surface area is 201 Å². The lowest BCUT2D eigenvalue weighted by atomic mass is 9.85. The van der Waals surface area contributed by atoms with Crippen LogP contribution in [-0.2, 0) is 16.1 Å². The van der Waals surface area contributed by atoms with Gasteiger partial charge in [0.2, 0.25) is 11.8 Å². The second kappa shape index (κ2) is 10.0. The van der Waals surface area contributed by atoms with Gasteiger partial charge < -0.3 is 15.5 Å². The molecule has 4 rings (SSSR count). The fourth-order valence-electron chi connectivity index (χ4n) is 4.95. The van der Waals surface area contributed by atoms with Crippen LogP contribution in [0.2, 0.25) is 0 Å². The second-order valence-electron chi connectivity index (χ2n) is 8.59. The number of fused-ring (bicyclic) bond motifs is 5. The Morgan fingerprint density at radius 3 is 2.23 bits per heavy atom. The molecule has 1 heterocycles. The first-order valence-electron chi connectivity index (χ1n) is 10.7. The Morgan fingerprint density at radius 1 is 1.06 bits per heavy atom. The molecule has 8 heteroatoms. The summed E-state index contributed by atoms with van der Waals surface area (Å²) in [7, 11) is 5.79. The number of nitrogens with zero attached hydrogens (tertiary/aromatic N) is 3. The quantitative estimate of drug-likeness (QED) is 0.139. The summed E-state index contributed by atoms with van der Waals surface area (Å²) in [6, 6.07) is 8.38. The fraction of sp³-hybridized carbons (Fsp3) is 0.522. The van der Waals surface area contributed by atoms with E-state index in [0.717, 1.165) is 6.42 Å². The minimum absolute atomic E-state index is 0. The zero-order valence-electron chi connectivity index (χ0n) is 18.4. The van der Waals surface area contributed by atoms with Gasteiger partial charge in [0.05, 0.1) is 11.8 Å². The number of benzene rings is 1. The predicted molar refractivity (Wildman–Crippen MR) is 133 cm³/mol. The van der Waals surface area contributed by atoms with E-state index in [2.05, 4.69) is 56.9 Å². The van der Waals surface area contributed by atoms with Gasteiger partial charge in [0.25, 0.3) is 0 Å². The highest BCUT2D eigenvalue weighted by Gasteiger charge is 2.58. The van der Waals surface area contributed by atoms with Gasteiger partial charge in [-0.05, 0) is 42.4 Å². The van der Waals surface area contributed by atoms with Crippen LogP contribution in [-0.4, -0.2) is 56.9 Å². The van der Waals surface area contributed by atoms with E-state index >= 15 is 0 Å². The van der Waals surface area contributed by atoms with Crippen LogP contribution in [0.25, 0.3) is 0 Å². The van der Waals surface area contributed by atoms with Crippen molar-refractivity contribution in [3.8, 4) is 0 Å². The standard InChI is InChI=1S/C23H31N5O2.HI/c1-24-23(26-14-15-5-9-18(10-6-15)27(2)3)25-11-4-12-28-21(29)19-16-7-8-17(13-16)20(19)22(28)30;/h5-10,16-17,19-20H,4,11-14H2,1-3H3,(H2,24,25,26);1H. The molecule has 31 heavy (non-hydrogen) atoms. The van der Waals surface area contributed by atoms with Crippen molar-refractivity contribution in [2.24, 2.45) is 28.7 Å². The van der Waals surface area contributed by atoms with E-state index in [9.17, 15) is 9.59 Å². The van der Waals surface area contributed by atoms with E-state index in [0.29, 0.717) is 32.0 Å². The molecule has 0 spiro atoms. The molecule has 1 aliphatic heterocycles. The normalized spacial score (nSPS) is 26.2. The van der Waals surface area contributed by atoms with Crippen molar-refractivity contribution in [3.63, 3.8) is 0 Å². The fourth-order valence-corrected chi connectivity index (χ4v) is 4.95. The largest absolute Gasteiger partial charge is 0.378 e. The van der Waals surface area contributed by atoms with Gasteiger partial charge in [-0.25, -0.2) is 0 Å². The van der Waals surface area contributed by atoms with Crippen LogP contribution in [0.15, 0.2) is 41.4 Å². The summed E-state index contributed by atoms with van der Waals surface area (Å²) in [5.41, 5.74) is 2.34. The third-order valence-electron chi connectivity index (χ3n) is 6.55. The number of likely N-dealkylation sites (tertiary alicyclic amines) is 1. The van der Waals surface area contributed by atoms with Crippen molar-refractivity contribution in [1.82, 2.24) is 15.5 Å². The lowest BCUT2D eigenvalue weighted by Crippen LogP contribution is -2.39. The summed E-state index contributed by atoms with van der Waals surface area (Å²) >= 11 is 0. The summed E-state index contributed by atoms with van der Waals surface area (Å²) in [6.45, 7) is 1.80. The summed E-state index contributed by atoms with van der Waals surface area (Å²) in [5, 5.41) is 6.57. The lowest BCUT2D eigenvalue weighted by molar-refractivity contribution is -0.140. The number of halogens is 1. The molecule has 2 amide bonds. The molecule has 4 atom stereocenters. The van der Waals surface area contributed by atoms with Gasteiger partial charge in [0.15, 0.2) is 5.96 Å². The van der Waals surface area contributed by atoms with E-state index in [1.165, 1.54) is 16.2 Å². The number of rotatable bonds is 7. The van der Waals surface area contributed by atoms with E-state index in [1.807, 2.05) is 14.1 Å². The van der Waals surface area contributed by atoms with Gasteiger partial charge >= 0.3 is 0 Å². The maximum absolute atomic E-state index is 12.7. The molecule has 168 valence electrons. The summed E-state index contributed by atoms with van der Waals surface area (Å²) in [5.74, 6) is 1.12. The van der Waals surface area contributed by atoms with E-state index in [-0.39, 0.29) is 59.5 Å². The van der Waals surface area contributed by atoms with Crippen LogP contribution in [0.3, 0.4) is 0 Å². The molecular formula is C23H32IN5O2. The Hall–Kier alpha value is -2.10. The Balaban J connectivity index is 0.00000272. The van der Waals surface area contributed by atoms with Gasteiger partial charge in [-0.3, -0.25) is 19.5 Å². The monoisotopic (exact) mass is 537 g/mol. The second-order valence-corrected chi connectivity index (χ2v) is 8.59. The van der Waals surface area contributed by atoms with E-state index in [1.54, 1.807) is 7.05 Å². The molecule has 2 N–H and O–H groups in total. The molecule has 0 aromatic heterocycles. The lowest BCUT2D eigenvalue weighted by Gasteiger charge is -2.18. The maximum Gasteiger partial charge on any atom is 0.233 e. The van der Waals surface area contributed by atoms with Gasteiger partial charge in [0.1, 0.15) is 0 Å².